The molecule has 0 saturated carbocycles. The number of amides is 1. The van der Waals surface area contributed by atoms with Crippen molar-refractivity contribution in [2.24, 2.45) is 0 Å². The van der Waals surface area contributed by atoms with Crippen LogP contribution in [0.4, 0.5) is 5.69 Å². The first-order chi connectivity index (χ1) is 9.25. The fraction of sp³-hybridized carbons (Fsp3) is 0.0625. The van der Waals surface area contributed by atoms with Crippen LogP contribution in [0.15, 0.2) is 59.0 Å². The summed E-state index contributed by atoms with van der Waals surface area (Å²) in [4.78, 5) is 11.4. The molecule has 0 spiro atoms. The second-order valence-corrected chi connectivity index (χ2v) is 4.35. The summed E-state index contributed by atoms with van der Waals surface area (Å²) in [6, 6.07) is 17.4. The van der Waals surface area contributed by atoms with Gasteiger partial charge in [0.2, 0.25) is 5.91 Å². The number of para-hydroxylation sites is 1. The van der Waals surface area contributed by atoms with Crippen LogP contribution in [0.3, 0.4) is 0 Å². The number of hydrogen-bond donors (Lipinski definition) is 1. The highest BCUT2D eigenvalue weighted by atomic mass is 16.3. The van der Waals surface area contributed by atoms with Crippen LogP contribution in [0.5, 0.6) is 0 Å². The van der Waals surface area contributed by atoms with Gasteiger partial charge in [-0.15, -0.1) is 0 Å². The summed E-state index contributed by atoms with van der Waals surface area (Å²) >= 11 is 0. The maximum Gasteiger partial charge on any atom is 0.221 e. The predicted octanol–water partition coefficient (Wildman–Crippen LogP) is 4.06. The largest absolute Gasteiger partial charge is 0.454 e. The number of carbonyl (C=O) groups is 1. The normalized spacial score (nSPS) is 10.6. The molecule has 3 nitrogen and oxygen atoms in total. The van der Waals surface area contributed by atoms with Gasteiger partial charge in [-0.25, -0.2) is 0 Å². The molecule has 0 aliphatic heterocycles. The topological polar surface area (TPSA) is 42.2 Å². The molecule has 0 fully saturated rings. The van der Waals surface area contributed by atoms with E-state index >= 15 is 0 Å². The molecule has 94 valence electrons. The lowest BCUT2D eigenvalue weighted by atomic mass is 10.1. The molecule has 1 N–H and O–H groups in total. The first-order valence-electron chi connectivity index (χ1n) is 6.10. The van der Waals surface area contributed by atoms with E-state index in [9.17, 15) is 4.79 Å². The van der Waals surface area contributed by atoms with Crippen LogP contribution in [-0.2, 0) is 4.79 Å². The third-order valence-electron chi connectivity index (χ3n) is 2.93. The van der Waals surface area contributed by atoms with Crippen molar-refractivity contribution < 1.29 is 9.21 Å². The van der Waals surface area contributed by atoms with Crippen molar-refractivity contribution in [3.63, 3.8) is 0 Å². The van der Waals surface area contributed by atoms with Gasteiger partial charge in [0.1, 0.15) is 5.58 Å². The third-order valence-corrected chi connectivity index (χ3v) is 2.93. The van der Waals surface area contributed by atoms with Crippen molar-refractivity contribution in [2.75, 3.05) is 5.32 Å². The van der Waals surface area contributed by atoms with E-state index < -0.39 is 0 Å². The Labute approximate surface area is 110 Å². The molecule has 1 aromatic heterocycles. The van der Waals surface area contributed by atoms with Gasteiger partial charge >= 0.3 is 0 Å². The molecule has 0 saturated heterocycles. The summed E-state index contributed by atoms with van der Waals surface area (Å²) in [6.07, 6.45) is 0. The van der Waals surface area contributed by atoms with E-state index in [4.69, 9.17) is 4.42 Å². The average Bonchev–Trinajstić information content (AvgIpc) is 2.78. The van der Waals surface area contributed by atoms with E-state index in [1.165, 1.54) is 6.92 Å². The van der Waals surface area contributed by atoms with Gasteiger partial charge in [0.05, 0.1) is 5.69 Å². The van der Waals surface area contributed by atoms with E-state index in [-0.39, 0.29) is 5.91 Å². The van der Waals surface area contributed by atoms with Gasteiger partial charge in [0, 0.05) is 17.9 Å². The van der Waals surface area contributed by atoms with E-state index in [2.05, 4.69) is 5.32 Å². The second-order valence-electron chi connectivity index (χ2n) is 4.35. The van der Waals surface area contributed by atoms with Crippen molar-refractivity contribution in [2.45, 2.75) is 6.92 Å². The van der Waals surface area contributed by atoms with Gasteiger partial charge in [0.25, 0.3) is 0 Å². The number of hydrogen-bond acceptors (Lipinski definition) is 2. The number of furan rings is 1. The molecule has 1 heterocycles. The van der Waals surface area contributed by atoms with Crippen LogP contribution in [0.2, 0.25) is 0 Å². The molecule has 3 rings (SSSR count). The fourth-order valence-electron chi connectivity index (χ4n) is 2.14. The number of carbonyl (C=O) groups excluding carboxylic acids is 1. The molecule has 2 aromatic carbocycles. The molecule has 0 unspecified atom stereocenters. The highest BCUT2D eigenvalue weighted by Crippen LogP contribution is 2.37. The SMILES string of the molecule is CC(=O)Nc1c(-c2ccccc2)oc2ccccc12. The zero-order valence-electron chi connectivity index (χ0n) is 10.5. The van der Waals surface area contributed by atoms with Crippen molar-refractivity contribution in [1.29, 1.82) is 0 Å². The van der Waals surface area contributed by atoms with E-state index in [1.54, 1.807) is 0 Å². The Morgan fingerprint density at radius 2 is 1.68 bits per heavy atom. The first kappa shape index (κ1) is 11.5. The summed E-state index contributed by atoms with van der Waals surface area (Å²) in [5.41, 5.74) is 2.45. The standard InChI is InChI=1S/C16H13NO2/c1-11(18)17-15-13-9-5-6-10-14(13)19-16(15)12-7-3-2-4-8-12/h2-10H,1H3,(H,17,18). The minimum Gasteiger partial charge on any atom is -0.454 e. The lowest BCUT2D eigenvalue weighted by molar-refractivity contribution is -0.114. The Bertz CT molecular complexity index is 729. The van der Waals surface area contributed by atoms with Crippen molar-refractivity contribution in [3.8, 4) is 11.3 Å². The zero-order chi connectivity index (χ0) is 13.2. The van der Waals surface area contributed by atoms with Crippen molar-refractivity contribution in [3.05, 3.63) is 54.6 Å². The summed E-state index contributed by atoms with van der Waals surface area (Å²) in [5, 5.41) is 3.78. The highest BCUT2D eigenvalue weighted by molar-refractivity contribution is 6.05. The van der Waals surface area contributed by atoms with Crippen LogP contribution in [0.25, 0.3) is 22.3 Å². The molecule has 0 aliphatic carbocycles. The van der Waals surface area contributed by atoms with Crippen LogP contribution >= 0.6 is 0 Å². The van der Waals surface area contributed by atoms with E-state index in [0.29, 0.717) is 5.76 Å². The average molecular weight is 251 g/mol. The smallest absolute Gasteiger partial charge is 0.221 e. The highest BCUT2D eigenvalue weighted by Gasteiger charge is 2.16. The van der Waals surface area contributed by atoms with Gasteiger partial charge < -0.3 is 9.73 Å². The van der Waals surface area contributed by atoms with Gasteiger partial charge in [-0.2, -0.15) is 0 Å². The Morgan fingerprint density at radius 1 is 1.00 bits per heavy atom. The molecule has 3 heteroatoms. The third kappa shape index (κ3) is 2.10. The molecule has 1 amide bonds. The van der Waals surface area contributed by atoms with Crippen LogP contribution in [0.1, 0.15) is 6.92 Å². The van der Waals surface area contributed by atoms with Crippen molar-refractivity contribution in [1.82, 2.24) is 0 Å². The fourth-order valence-corrected chi connectivity index (χ4v) is 2.14. The minimum atomic E-state index is -0.108. The maximum absolute atomic E-state index is 11.4. The van der Waals surface area contributed by atoms with E-state index in [0.717, 1.165) is 22.2 Å². The lowest BCUT2D eigenvalue weighted by Crippen LogP contribution is -2.05. The van der Waals surface area contributed by atoms with Crippen LogP contribution < -0.4 is 5.32 Å². The van der Waals surface area contributed by atoms with Crippen LogP contribution in [-0.4, -0.2) is 5.91 Å². The van der Waals surface area contributed by atoms with Gasteiger partial charge in [-0.1, -0.05) is 42.5 Å². The number of fused-ring (bicyclic) bond motifs is 1. The quantitative estimate of drug-likeness (QED) is 0.746. The Morgan fingerprint density at radius 3 is 2.42 bits per heavy atom. The molecule has 0 bridgehead atoms. The second kappa shape index (κ2) is 4.61. The summed E-state index contributed by atoms with van der Waals surface area (Å²) in [5.74, 6) is 0.584. The number of benzene rings is 2. The van der Waals surface area contributed by atoms with Gasteiger partial charge in [-0.3, -0.25) is 4.79 Å². The Balaban J connectivity index is 2.26. The molecular weight excluding hydrogens is 238 g/mol. The molecular formula is C16H13NO2. The minimum absolute atomic E-state index is 0.108. The van der Waals surface area contributed by atoms with E-state index in [1.807, 2.05) is 54.6 Å². The summed E-state index contributed by atoms with van der Waals surface area (Å²) in [6.45, 7) is 1.50. The molecule has 0 atom stereocenters. The van der Waals surface area contributed by atoms with Gasteiger partial charge in [0.15, 0.2) is 5.76 Å². The maximum atomic E-state index is 11.4. The first-order valence-corrected chi connectivity index (χ1v) is 6.10. The van der Waals surface area contributed by atoms with Crippen molar-refractivity contribution >= 4 is 22.6 Å². The Hall–Kier alpha value is -2.55. The molecule has 0 radical (unpaired) electrons. The molecule has 0 aliphatic rings. The monoisotopic (exact) mass is 251 g/mol. The lowest BCUT2D eigenvalue weighted by Gasteiger charge is -2.03. The number of rotatable bonds is 2. The molecule has 19 heavy (non-hydrogen) atoms. The Kier molecular flexibility index (Phi) is 2.80. The van der Waals surface area contributed by atoms with Crippen LogP contribution in [0, 0.1) is 0 Å². The predicted molar refractivity (Wildman–Crippen MR) is 76.0 cm³/mol. The number of anilines is 1. The summed E-state index contributed by atoms with van der Waals surface area (Å²) < 4.78 is 5.87. The van der Waals surface area contributed by atoms with Gasteiger partial charge in [-0.05, 0) is 12.1 Å². The summed E-state index contributed by atoms with van der Waals surface area (Å²) in [7, 11) is 0. The number of nitrogens with one attached hydrogen (secondary N) is 1. The molecule has 3 aromatic rings. The zero-order valence-corrected chi connectivity index (χ0v) is 10.5.